The molecule has 0 aromatic carbocycles. The van der Waals surface area contributed by atoms with E-state index in [0.717, 1.165) is 32.7 Å². The van der Waals surface area contributed by atoms with Crippen LogP contribution in [0, 0.1) is 0 Å². The number of amides is 3. The van der Waals surface area contributed by atoms with Gasteiger partial charge in [0.1, 0.15) is 0 Å². The van der Waals surface area contributed by atoms with Crippen molar-refractivity contribution in [3.05, 3.63) is 22.4 Å². The van der Waals surface area contributed by atoms with Gasteiger partial charge in [-0.2, -0.15) is 0 Å². The zero-order valence-electron chi connectivity index (χ0n) is 14.3. The molecule has 7 nitrogen and oxygen atoms in total. The van der Waals surface area contributed by atoms with Crippen LogP contribution in [0.25, 0.3) is 0 Å². The van der Waals surface area contributed by atoms with Crippen LogP contribution in [-0.4, -0.2) is 74.2 Å². The lowest BCUT2D eigenvalue weighted by Crippen LogP contribution is -2.51. The van der Waals surface area contributed by atoms with Crippen LogP contribution in [0.15, 0.2) is 17.5 Å². The van der Waals surface area contributed by atoms with Crippen LogP contribution >= 0.6 is 11.3 Å². The van der Waals surface area contributed by atoms with E-state index < -0.39 is 6.03 Å². The molecule has 1 aromatic heterocycles. The Morgan fingerprint density at radius 1 is 1.29 bits per heavy atom. The molecule has 0 saturated carbocycles. The highest BCUT2D eigenvalue weighted by molar-refractivity contribution is 7.09. The fourth-order valence-corrected chi connectivity index (χ4v) is 3.40. The standard InChI is InChI=1S/C16H26N4O3S/c1-13(12-23-2)17-16(22)18-15(21)11-20-7-5-19(6-8-20)10-14-4-3-9-24-14/h3-4,9,13H,5-8,10-12H2,1-2H3,(H2,17,18,21,22). The van der Waals surface area contributed by atoms with Gasteiger partial charge in [0.15, 0.2) is 0 Å². The predicted molar refractivity (Wildman–Crippen MR) is 94.0 cm³/mol. The molecule has 0 aliphatic carbocycles. The highest BCUT2D eigenvalue weighted by Crippen LogP contribution is 2.13. The Morgan fingerprint density at radius 2 is 2.00 bits per heavy atom. The van der Waals surface area contributed by atoms with Crippen molar-refractivity contribution in [1.29, 1.82) is 0 Å². The first-order valence-electron chi connectivity index (χ1n) is 8.13. The molecular formula is C16H26N4O3S. The minimum absolute atomic E-state index is 0.136. The third-order valence-corrected chi connectivity index (χ3v) is 4.70. The third-order valence-electron chi connectivity index (χ3n) is 3.84. The molecule has 1 fully saturated rings. The van der Waals surface area contributed by atoms with Crippen molar-refractivity contribution in [2.24, 2.45) is 0 Å². The summed E-state index contributed by atoms with van der Waals surface area (Å²) in [6.45, 7) is 6.98. The molecule has 2 N–H and O–H groups in total. The van der Waals surface area contributed by atoms with E-state index in [2.05, 4.69) is 37.9 Å². The van der Waals surface area contributed by atoms with Crippen molar-refractivity contribution in [2.75, 3.05) is 46.4 Å². The Morgan fingerprint density at radius 3 is 2.62 bits per heavy atom. The Bertz CT molecular complexity index is 515. The summed E-state index contributed by atoms with van der Waals surface area (Å²) in [6, 6.07) is 3.61. The Kier molecular flexibility index (Phi) is 7.64. The van der Waals surface area contributed by atoms with E-state index >= 15 is 0 Å². The zero-order valence-corrected chi connectivity index (χ0v) is 15.1. The number of piperazine rings is 1. The molecule has 2 rings (SSSR count). The fourth-order valence-electron chi connectivity index (χ4n) is 2.65. The molecule has 3 amide bonds. The van der Waals surface area contributed by atoms with Gasteiger partial charge in [-0.1, -0.05) is 6.07 Å². The van der Waals surface area contributed by atoms with Crippen molar-refractivity contribution in [2.45, 2.75) is 19.5 Å². The molecule has 1 saturated heterocycles. The molecule has 24 heavy (non-hydrogen) atoms. The van der Waals surface area contributed by atoms with Crippen LogP contribution < -0.4 is 10.6 Å². The number of nitrogens with one attached hydrogen (secondary N) is 2. The molecule has 0 spiro atoms. The predicted octanol–water partition coefficient (Wildman–Crippen LogP) is 0.726. The zero-order chi connectivity index (χ0) is 17.4. The second-order valence-corrected chi connectivity index (χ2v) is 7.04. The smallest absolute Gasteiger partial charge is 0.321 e. The summed E-state index contributed by atoms with van der Waals surface area (Å²) >= 11 is 1.77. The summed E-state index contributed by atoms with van der Waals surface area (Å²) in [5.74, 6) is -0.274. The lowest BCUT2D eigenvalue weighted by Gasteiger charge is -2.33. The molecule has 1 aliphatic rings. The molecule has 1 atom stereocenters. The number of thiophene rings is 1. The van der Waals surface area contributed by atoms with Crippen molar-refractivity contribution < 1.29 is 14.3 Å². The quantitative estimate of drug-likeness (QED) is 0.755. The first-order valence-corrected chi connectivity index (χ1v) is 9.01. The Labute approximate surface area is 147 Å². The van der Waals surface area contributed by atoms with Crippen LogP contribution in [0.5, 0.6) is 0 Å². The van der Waals surface area contributed by atoms with Gasteiger partial charge in [-0.25, -0.2) is 4.79 Å². The molecule has 1 unspecified atom stereocenters. The van der Waals surface area contributed by atoms with Gasteiger partial charge in [-0.3, -0.25) is 19.9 Å². The maximum Gasteiger partial charge on any atom is 0.321 e. The number of nitrogens with zero attached hydrogens (tertiary/aromatic N) is 2. The molecule has 1 aromatic rings. The van der Waals surface area contributed by atoms with E-state index in [-0.39, 0.29) is 18.5 Å². The number of methoxy groups -OCH3 is 1. The molecule has 2 heterocycles. The normalized spacial score (nSPS) is 17.4. The maximum absolute atomic E-state index is 11.9. The lowest BCUT2D eigenvalue weighted by molar-refractivity contribution is -0.121. The van der Waals surface area contributed by atoms with Gasteiger partial charge in [-0.05, 0) is 18.4 Å². The van der Waals surface area contributed by atoms with Crippen LogP contribution in [-0.2, 0) is 16.1 Å². The number of hydrogen-bond acceptors (Lipinski definition) is 6. The van der Waals surface area contributed by atoms with Gasteiger partial charge in [0, 0.05) is 44.7 Å². The number of carbonyl (C=O) groups is 2. The van der Waals surface area contributed by atoms with Crippen molar-refractivity contribution in [3.63, 3.8) is 0 Å². The van der Waals surface area contributed by atoms with Crippen LogP contribution in [0.3, 0.4) is 0 Å². The number of rotatable bonds is 7. The highest BCUT2D eigenvalue weighted by atomic mass is 32.1. The first kappa shape index (κ1) is 18.9. The van der Waals surface area contributed by atoms with Crippen LogP contribution in [0.2, 0.25) is 0 Å². The van der Waals surface area contributed by atoms with Gasteiger partial charge >= 0.3 is 6.03 Å². The van der Waals surface area contributed by atoms with Gasteiger partial charge in [0.25, 0.3) is 0 Å². The monoisotopic (exact) mass is 354 g/mol. The van der Waals surface area contributed by atoms with E-state index in [4.69, 9.17) is 4.74 Å². The van der Waals surface area contributed by atoms with E-state index in [1.54, 1.807) is 18.4 Å². The van der Waals surface area contributed by atoms with E-state index in [1.165, 1.54) is 4.88 Å². The minimum atomic E-state index is -0.471. The summed E-state index contributed by atoms with van der Waals surface area (Å²) in [7, 11) is 1.57. The summed E-state index contributed by atoms with van der Waals surface area (Å²) in [5, 5.41) is 7.12. The largest absolute Gasteiger partial charge is 0.383 e. The molecule has 8 heteroatoms. The molecular weight excluding hydrogens is 328 g/mol. The first-order chi connectivity index (χ1) is 11.6. The molecule has 134 valence electrons. The number of hydrogen-bond donors (Lipinski definition) is 2. The molecule has 0 radical (unpaired) electrons. The van der Waals surface area contributed by atoms with Gasteiger partial charge in [0.05, 0.1) is 19.2 Å². The highest BCUT2D eigenvalue weighted by Gasteiger charge is 2.20. The molecule has 0 bridgehead atoms. The number of carbonyl (C=O) groups excluding carboxylic acids is 2. The summed E-state index contributed by atoms with van der Waals surface area (Å²) in [6.07, 6.45) is 0. The van der Waals surface area contributed by atoms with Gasteiger partial charge in [0.2, 0.25) is 5.91 Å². The maximum atomic E-state index is 11.9. The van der Waals surface area contributed by atoms with Crippen molar-refractivity contribution in [3.8, 4) is 0 Å². The molecule has 1 aliphatic heterocycles. The summed E-state index contributed by atoms with van der Waals surface area (Å²) in [4.78, 5) is 29.5. The topological polar surface area (TPSA) is 73.9 Å². The van der Waals surface area contributed by atoms with Gasteiger partial charge < -0.3 is 10.1 Å². The average Bonchev–Trinajstić information content (AvgIpc) is 3.02. The summed E-state index contributed by atoms with van der Waals surface area (Å²) in [5.41, 5.74) is 0. The number of imide groups is 1. The van der Waals surface area contributed by atoms with Crippen LogP contribution in [0.4, 0.5) is 4.79 Å². The van der Waals surface area contributed by atoms with E-state index in [0.29, 0.717) is 6.61 Å². The van der Waals surface area contributed by atoms with E-state index in [1.807, 2.05) is 6.92 Å². The Balaban J connectivity index is 1.64. The van der Waals surface area contributed by atoms with Crippen LogP contribution in [0.1, 0.15) is 11.8 Å². The second-order valence-electron chi connectivity index (χ2n) is 6.01. The minimum Gasteiger partial charge on any atom is -0.383 e. The van der Waals surface area contributed by atoms with E-state index in [9.17, 15) is 9.59 Å². The fraction of sp³-hybridized carbons (Fsp3) is 0.625. The second kappa shape index (κ2) is 9.73. The number of urea groups is 1. The summed E-state index contributed by atoms with van der Waals surface area (Å²) < 4.78 is 4.94. The van der Waals surface area contributed by atoms with Crippen molar-refractivity contribution >= 4 is 23.3 Å². The number of ether oxygens (including phenoxy) is 1. The third kappa shape index (κ3) is 6.56. The van der Waals surface area contributed by atoms with Gasteiger partial charge in [-0.15, -0.1) is 11.3 Å². The average molecular weight is 354 g/mol. The lowest BCUT2D eigenvalue weighted by atomic mass is 10.3. The van der Waals surface area contributed by atoms with Crippen molar-refractivity contribution in [1.82, 2.24) is 20.4 Å². The SMILES string of the molecule is COCC(C)NC(=O)NC(=O)CN1CCN(Cc2cccs2)CC1. The Hall–Kier alpha value is -1.48.